The smallest absolute Gasteiger partial charge is 0.224 e. The first-order valence-corrected chi connectivity index (χ1v) is 9.61. The third kappa shape index (κ3) is 4.99. The lowest BCUT2D eigenvalue weighted by Crippen LogP contribution is -2.13. The van der Waals surface area contributed by atoms with Crippen molar-refractivity contribution in [3.8, 4) is 0 Å². The van der Waals surface area contributed by atoms with Crippen molar-refractivity contribution in [2.75, 3.05) is 5.32 Å². The zero-order valence-corrected chi connectivity index (χ0v) is 16.0. The summed E-state index contributed by atoms with van der Waals surface area (Å²) in [5.74, 6) is 0.0457. The summed E-state index contributed by atoms with van der Waals surface area (Å²) in [5, 5.41) is 3.07. The van der Waals surface area contributed by atoms with Gasteiger partial charge in [-0.3, -0.25) is 4.79 Å². The van der Waals surface area contributed by atoms with Crippen LogP contribution in [-0.4, -0.2) is 5.91 Å². The number of aryl methyl sites for hydroxylation is 3. The van der Waals surface area contributed by atoms with Gasteiger partial charge in [0.25, 0.3) is 0 Å². The molecule has 3 heteroatoms. The lowest BCUT2D eigenvalue weighted by molar-refractivity contribution is -0.116. The van der Waals surface area contributed by atoms with Gasteiger partial charge in [-0.15, -0.1) is 0 Å². The Morgan fingerprint density at radius 3 is 2.38 bits per heavy atom. The Balaban J connectivity index is 1.63. The maximum atomic E-state index is 12.4. The van der Waals surface area contributed by atoms with Gasteiger partial charge in [-0.1, -0.05) is 60.3 Å². The highest BCUT2D eigenvalue weighted by Crippen LogP contribution is 2.33. The molecule has 0 aliphatic rings. The van der Waals surface area contributed by atoms with Gasteiger partial charge in [0.2, 0.25) is 5.91 Å². The van der Waals surface area contributed by atoms with E-state index in [1.54, 1.807) is 11.8 Å². The van der Waals surface area contributed by atoms with Gasteiger partial charge in [-0.05, 0) is 61.2 Å². The third-order valence-electron chi connectivity index (χ3n) is 4.34. The first-order valence-electron chi connectivity index (χ1n) is 8.80. The molecule has 0 saturated heterocycles. The Labute approximate surface area is 159 Å². The summed E-state index contributed by atoms with van der Waals surface area (Å²) in [5.41, 5.74) is 4.62. The number of anilines is 1. The summed E-state index contributed by atoms with van der Waals surface area (Å²) in [6.45, 7) is 4.21. The van der Waals surface area contributed by atoms with Gasteiger partial charge >= 0.3 is 0 Å². The zero-order chi connectivity index (χ0) is 18.4. The molecule has 3 rings (SSSR count). The summed E-state index contributed by atoms with van der Waals surface area (Å²) in [6, 6.07) is 24.5. The summed E-state index contributed by atoms with van der Waals surface area (Å²) in [7, 11) is 0. The van der Waals surface area contributed by atoms with Crippen molar-refractivity contribution in [2.24, 2.45) is 0 Å². The Morgan fingerprint density at radius 1 is 0.885 bits per heavy atom. The highest BCUT2D eigenvalue weighted by atomic mass is 32.2. The van der Waals surface area contributed by atoms with Crippen LogP contribution in [-0.2, 0) is 11.2 Å². The molecular weight excluding hydrogens is 338 g/mol. The molecule has 0 aromatic heterocycles. The normalized spacial score (nSPS) is 10.5. The summed E-state index contributed by atoms with van der Waals surface area (Å²) in [4.78, 5) is 14.6. The number of benzene rings is 3. The van der Waals surface area contributed by atoms with E-state index in [-0.39, 0.29) is 5.91 Å². The van der Waals surface area contributed by atoms with Crippen LogP contribution in [0.4, 0.5) is 5.69 Å². The fraction of sp³-hybridized carbons (Fsp3) is 0.174. The fourth-order valence-electron chi connectivity index (χ4n) is 2.70. The topological polar surface area (TPSA) is 29.1 Å². The van der Waals surface area contributed by atoms with Crippen LogP contribution < -0.4 is 5.32 Å². The molecule has 1 N–H and O–H groups in total. The number of hydrogen-bond donors (Lipinski definition) is 1. The lowest BCUT2D eigenvalue weighted by Gasteiger charge is -2.11. The van der Waals surface area contributed by atoms with Crippen LogP contribution >= 0.6 is 11.8 Å². The molecule has 0 unspecified atom stereocenters. The van der Waals surface area contributed by atoms with Gasteiger partial charge in [0, 0.05) is 16.2 Å². The van der Waals surface area contributed by atoms with Gasteiger partial charge in [0.05, 0.1) is 5.69 Å². The SMILES string of the molecule is Cc1ccc(CCC(=O)Nc2ccccc2Sc2ccccc2)cc1C. The Kier molecular flexibility index (Phi) is 6.13. The Hall–Kier alpha value is -2.52. The average Bonchev–Trinajstić information content (AvgIpc) is 2.65. The second-order valence-electron chi connectivity index (χ2n) is 6.38. The van der Waals surface area contributed by atoms with E-state index in [2.05, 4.69) is 49.5 Å². The van der Waals surface area contributed by atoms with Crippen molar-refractivity contribution in [2.45, 2.75) is 36.5 Å². The molecule has 132 valence electrons. The van der Waals surface area contributed by atoms with Crippen LogP contribution in [0.25, 0.3) is 0 Å². The number of para-hydroxylation sites is 1. The molecular formula is C23H23NOS. The van der Waals surface area contributed by atoms with E-state index in [0.717, 1.165) is 21.9 Å². The van der Waals surface area contributed by atoms with E-state index in [9.17, 15) is 4.79 Å². The molecule has 2 nitrogen and oxygen atoms in total. The van der Waals surface area contributed by atoms with Crippen molar-refractivity contribution in [3.63, 3.8) is 0 Å². The number of nitrogens with one attached hydrogen (secondary N) is 1. The molecule has 0 radical (unpaired) electrons. The van der Waals surface area contributed by atoms with E-state index in [1.807, 2.05) is 42.5 Å². The highest BCUT2D eigenvalue weighted by molar-refractivity contribution is 7.99. The van der Waals surface area contributed by atoms with Crippen molar-refractivity contribution < 1.29 is 4.79 Å². The number of amides is 1. The van der Waals surface area contributed by atoms with Crippen LogP contribution in [0.2, 0.25) is 0 Å². The van der Waals surface area contributed by atoms with E-state index in [4.69, 9.17) is 0 Å². The Morgan fingerprint density at radius 2 is 1.62 bits per heavy atom. The van der Waals surface area contributed by atoms with Crippen molar-refractivity contribution in [1.29, 1.82) is 0 Å². The summed E-state index contributed by atoms with van der Waals surface area (Å²) >= 11 is 1.66. The number of hydrogen-bond acceptors (Lipinski definition) is 2. The fourth-order valence-corrected chi connectivity index (χ4v) is 3.63. The maximum Gasteiger partial charge on any atom is 0.224 e. The number of carbonyl (C=O) groups is 1. The maximum absolute atomic E-state index is 12.4. The Bertz CT molecular complexity index is 890. The van der Waals surface area contributed by atoms with E-state index in [1.165, 1.54) is 16.7 Å². The largest absolute Gasteiger partial charge is 0.325 e. The summed E-state index contributed by atoms with van der Waals surface area (Å²) in [6.07, 6.45) is 1.23. The van der Waals surface area contributed by atoms with Crippen LogP contribution in [0, 0.1) is 13.8 Å². The molecule has 0 saturated carbocycles. The van der Waals surface area contributed by atoms with Crippen LogP contribution in [0.3, 0.4) is 0 Å². The second kappa shape index (κ2) is 8.72. The standard InChI is InChI=1S/C23H23NOS/c1-17-12-13-19(16-18(17)2)14-15-23(25)24-21-10-6-7-11-22(21)26-20-8-4-3-5-9-20/h3-13,16H,14-15H2,1-2H3,(H,24,25). The predicted octanol–water partition coefficient (Wildman–Crippen LogP) is 6.03. The monoisotopic (exact) mass is 361 g/mol. The van der Waals surface area contributed by atoms with E-state index in [0.29, 0.717) is 6.42 Å². The number of carbonyl (C=O) groups excluding carboxylic acids is 1. The molecule has 26 heavy (non-hydrogen) atoms. The predicted molar refractivity (Wildman–Crippen MR) is 110 cm³/mol. The van der Waals surface area contributed by atoms with Crippen LogP contribution in [0.1, 0.15) is 23.1 Å². The zero-order valence-electron chi connectivity index (χ0n) is 15.2. The molecule has 3 aromatic rings. The molecule has 0 fully saturated rings. The molecule has 0 heterocycles. The molecule has 0 atom stereocenters. The van der Waals surface area contributed by atoms with Crippen LogP contribution in [0.5, 0.6) is 0 Å². The van der Waals surface area contributed by atoms with Crippen LogP contribution in [0.15, 0.2) is 82.6 Å². The quantitative estimate of drug-likeness (QED) is 0.581. The van der Waals surface area contributed by atoms with Crippen molar-refractivity contribution >= 4 is 23.4 Å². The van der Waals surface area contributed by atoms with Gasteiger partial charge in [-0.25, -0.2) is 0 Å². The van der Waals surface area contributed by atoms with Gasteiger partial charge < -0.3 is 5.32 Å². The minimum absolute atomic E-state index is 0.0457. The molecule has 3 aromatic carbocycles. The molecule has 0 bridgehead atoms. The van der Waals surface area contributed by atoms with Gasteiger partial charge in [0.1, 0.15) is 0 Å². The van der Waals surface area contributed by atoms with Crippen molar-refractivity contribution in [1.82, 2.24) is 0 Å². The molecule has 1 amide bonds. The first-order chi connectivity index (χ1) is 12.6. The van der Waals surface area contributed by atoms with E-state index < -0.39 is 0 Å². The lowest BCUT2D eigenvalue weighted by atomic mass is 10.0. The molecule has 0 aliphatic heterocycles. The minimum Gasteiger partial charge on any atom is -0.325 e. The average molecular weight is 362 g/mol. The van der Waals surface area contributed by atoms with Gasteiger partial charge in [-0.2, -0.15) is 0 Å². The van der Waals surface area contributed by atoms with Gasteiger partial charge in [0.15, 0.2) is 0 Å². The summed E-state index contributed by atoms with van der Waals surface area (Å²) < 4.78 is 0. The minimum atomic E-state index is 0.0457. The third-order valence-corrected chi connectivity index (χ3v) is 5.43. The first kappa shape index (κ1) is 18.3. The highest BCUT2D eigenvalue weighted by Gasteiger charge is 2.08. The van der Waals surface area contributed by atoms with E-state index >= 15 is 0 Å². The molecule has 0 spiro atoms. The molecule has 0 aliphatic carbocycles. The van der Waals surface area contributed by atoms with Crippen molar-refractivity contribution in [3.05, 3.63) is 89.5 Å². The number of rotatable bonds is 6. The second-order valence-corrected chi connectivity index (χ2v) is 7.49.